The average molecular weight is 828 g/mol. The fourth-order valence-corrected chi connectivity index (χ4v) is 8.05. The molecular formula is C33H25N5O13S4. The highest BCUT2D eigenvalue weighted by Gasteiger charge is 2.24. The van der Waals surface area contributed by atoms with Crippen LogP contribution in [-0.2, 0) is 40.5 Å². The Bertz CT molecular complexity index is 3080. The van der Waals surface area contributed by atoms with Crippen LogP contribution in [0.25, 0.3) is 21.5 Å². The third-order valence-electron chi connectivity index (χ3n) is 7.97. The number of aryl methyl sites for hydroxylation is 1. The molecule has 0 aliphatic carbocycles. The second-order valence-electron chi connectivity index (χ2n) is 11.7. The summed E-state index contributed by atoms with van der Waals surface area (Å²) < 4.78 is 136. The van der Waals surface area contributed by atoms with Crippen molar-refractivity contribution in [2.24, 2.45) is 20.5 Å². The Morgan fingerprint density at radius 1 is 0.491 bits per heavy atom. The minimum absolute atomic E-state index is 0.0132. The highest BCUT2D eigenvalue weighted by atomic mass is 32.2. The molecule has 6 aromatic carbocycles. The van der Waals surface area contributed by atoms with E-state index in [4.69, 9.17) is 0 Å². The molecule has 0 aliphatic heterocycles. The Morgan fingerprint density at radius 3 is 1.69 bits per heavy atom. The number of aromatic hydroxyl groups is 1. The van der Waals surface area contributed by atoms with Crippen molar-refractivity contribution in [3.63, 3.8) is 0 Å². The zero-order valence-electron chi connectivity index (χ0n) is 27.7. The van der Waals surface area contributed by atoms with E-state index in [1.54, 1.807) is 30.3 Å². The molecule has 0 aromatic heterocycles. The van der Waals surface area contributed by atoms with Gasteiger partial charge < -0.3 is 10.4 Å². The van der Waals surface area contributed by atoms with Crippen LogP contribution < -0.4 is 5.32 Å². The van der Waals surface area contributed by atoms with Crippen LogP contribution in [0.15, 0.2) is 137 Å². The van der Waals surface area contributed by atoms with Crippen LogP contribution in [0, 0.1) is 6.92 Å². The minimum atomic E-state index is -5.05. The fraction of sp³-hybridized carbons (Fsp3) is 0.0303. The van der Waals surface area contributed by atoms with Gasteiger partial charge in [0.2, 0.25) is 0 Å². The number of anilines is 2. The van der Waals surface area contributed by atoms with Crippen LogP contribution in [0.2, 0.25) is 0 Å². The topological polar surface area (TPSA) is 299 Å². The Hall–Kier alpha value is -5.72. The van der Waals surface area contributed by atoms with Gasteiger partial charge in [0.1, 0.15) is 21.2 Å². The highest BCUT2D eigenvalue weighted by molar-refractivity contribution is 7.86. The summed E-state index contributed by atoms with van der Waals surface area (Å²) in [6.07, 6.45) is 0. The molecule has 0 bridgehead atoms. The van der Waals surface area contributed by atoms with Gasteiger partial charge >= 0.3 is 0 Å². The molecule has 6 N–H and O–H groups in total. The van der Waals surface area contributed by atoms with Gasteiger partial charge in [-0.2, -0.15) is 33.7 Å². The maximum absolute atomic E-state index is 12.5. The number of benzene rings is 6. The Balaban J connectivity index is 1.49. The number of hydrogen-bond acceptors (Lipinski definition) is 14. The highest BCUT2D eigenvalue weighted by Crippen LogP contribution is 2.44. The Kier molecular flexibility index (Phi) is 10.0. The summed E-state index contributed by atoms with van der Waals surface area (Å²) in [7, 11) is -19.8. The van der Waals surface area contributed by atoms with Crippen molar-refractivity contribution < 1.29 is 57.0 Å². The van der Waals surface area contributed by atoms with E-state index in [2.05, 4.69) is 25.8 Å². The van der Waals surface area contributed by atoms with Crippen molar-refractivity contribution >= 4 is 96.1 Å². The molecule has 6 aromatic rings. The average Bonchev–Trinajstić information content (AvgIpc) is 3.09. The molecule has 0 unspecified atom stereocenters. The van der Waals surface area contributed by atoms with Gasteiger partial charge in [-0.3, -0.25) is 18.2 Å². The number of fused-ring (bicyclic) bond motifs is 2. The maximum Gasteiger partial charge on any atom is 0.296 e. The summed E-state index contributed by atoms with van der Waals surface area (Å²) in [5.41, 5.74) is -0.752. The van der Waals surface area contributed by atoms with Gasteiger partial charge in [0.25, 0.3) is 40.5 Å². The Labute approximate surface area is 312 Å². The quantitative estimate of drug-likeness (QED) is 0.0573. The summed E-state index contributed by atoms with van der Waals surface area (Å²) >= 11 is 0. The SMILES string of the molecule is Cc1cc(S(=O)(=O)O)c(N=Nc2ccc(N=Nc3c(S(=O)(=O)O)cc4cc(Nc5ccccc5)ccc4c3O)c3cc(S(=O)(=O)O)ccc23)cc1S(=O)(=O)O. The number of azo groups is 2. The molecule has 6 rings (SSSR count). The third kappa shape index (κ3) is 8.35. The zero-order chi connectivity index (χ0) is 40.1. The van der Waals surface area contributed by atoms with Gasteiger partial charge in [-0.1, -0.05) is 24.3 Å². The first kappa shape index (κ1) is 39.0. The van der Waals surface area contributed by atoms with Crippen LogP contribution in [0.4, 0.5) is 34.1 Å². The first-order valence-corrected chi connectivity index (χ1v) is 20.9. The lowest BCUT2D eigenvalue weighted by atomic mass is 10.1. The predicted molar refractivity (Wildman–Crippen MR) is 198 cm³/mol. The van der Waals surface area contributed by atoms with Crippen molar-refractivity contribution in [3.05, 3.63) is 103 Å². The Morgan fingerprint density at radius 2 is 1.07 bits per heavy atom. The van der Waals surface area contributed by atoms with E-state index in [-0.39, 0.29) is 38.5 Å². The van der Waals surface area contributed by atoms with E-state index in [0.717, 1.165) is 37.3 Å². The number of nitrogens with one attached hydrogen (secondary N) is 1. The van der Waals surface area contributed by atoms with Gasteiger partial charge in [-0.15, -0.1) is 20.5 Å². The van der Waals surface area contributed by atoms with Gasteiger partial charge in [-0.05, 0) is 90.7 Å². The van der Waals surface area contributed by atoms with Crippen molar-refractivity contribution in [1.82, 2.24) is 0 Å². The molecule has 0 fully saturated rings. The van der Waals surface area contributed by atoms with Gasteiger partial charge in [0.05, 0.1) is 21.2 Å². The second kappa shape index (κ2) is 14.2. The summed E-state index contributed by atoms with van der Waals surface area (Å²) in [6.45, 7) is 1.16. The molecule has 55 heavy (non-hydrogen) atoms. The molecular weight excluding hydrogens is 803 g/mol. The van der Waals surface area contributed by atoms with Gasteiger partial charge in [0.15, 0.2) is 5.75 Å². The smallest absolute Gasteiger partial charge is 0.296 e. The molecule has 0 spiro atoms. The molecule has 0 saturated heterocycles. The lowest BCUT2D eigenvalue weighted by Gasteiger charge is -2.12. The number of nitrogens with zero attached hydrogens (tertiary/aromatic N) is 4. The van der Waals surface area contributed by atoms with Crippen molar-refractivity contribution in [1.29, 1.82) is 0 Å². The monoisotopic (exact) mass is 827 g/mol. The second-order valence-corrected chi connectivity index (χ2v) is 17.3. The molecule has 0 atom stereocenters. The summed E-state index contributed by atoms with van der Waals surface area (Å²) in [4.78, 5) is -3.07. The van der Waals surface area contributed by atoms with Crippen LogP contribution in [0.1, 0.15) is 5.56 Å². The van der Waals surface area contributed by atoms with Gasteiger partial charge in [0, 0.05) is 27.5 Å². The standard InChI is InChI=1S/C33H25N5O13S4/c1-18-13-30(54(46,47)48)28(17-29(18)53(43,44)45)37-35-26-11-12-27(25-16-22(52(40,41)42)8-10-24(25)26)36-38-32-31(55(49,50)51)15-19-14-21(7-9-23(19)33(32)39)34-20-5-3-2-4-6-20/h2-17,34,39H,1H3,(H,40,41,42)(H,43,44,45)(H,46,47,48)(H,49,50,51). The van der Waals surface area contributed by atoms with Crippen LogP contribution >= 0.6 is 0 Å². The molecule has 0 aliphatic rings. The maximum atomic E-state index is 12.5. The van der Waals surface area contributed by atoms with Crippen molar-refractivity contribution in [3.8, 4) is 5.75 Å². The number of para-hydroxylation sites is 1. The molecule has 0 radical (unpaired) electrons. The van der Waals surface area contributed by atoms with E-state index in [1.807, 2.05) is 6.07 Å². The molecule has 0 saturated carbocycles. The number of phenols is 1. The predicted octanol–water partition coefficient (Wildman–Crippen LogP) is 7.57. The first-order valence-electron chi connectivity index (χ1n) is 15.2. The number of hydrogen-bond donors (Lipinski definition) is 6. The van der Waals surface area contributed by atoms with Gasteiger partial charge in [-0.25, -0.2) is 0 Å². The van der Waals surface area contributed by atoms with E-state index < -0.39 is 77.2 Å². The first-order chi connectivity index (χ1) is 25.6. The van der Waals surface area contributed by atoms with E-state index in [9.17, 15) is 57.0 Å². The van der Waals surface area contributed by atoms with Crippen molar-refractivity contribution in [2.75, 3.05) is 5.32 Å². The number of phenolic OH excluding ortho intramolecular Hbond substituents is 1. The molecule has 22 heteroatoms. The fourth-order valence-electron chi connectivity index (χ4n) is 5.47. The van der Waals surface area contributed by atoms with Crippen LogP contribution in [0.3, 0.4) is 0 Å². The minimum Gasteiger partial charge on any atom is -0.505 e. The summed E-state index contributed by atoms with van der Waals surface area (Å²) in [5.74, 6) is -0.689. The van der Waals surface area contributed by atoms with E-state index in [1.165, 1.54) is 24.3 Å². The largest absolute Gasteiger partial charge is 0.505 e. The van der Waals surface area contributed by atoms with Crippen LogP contribution in [0.5, 0.6) is 5.75 Å². The van der Waals surface area contributed by atoms with Crippen LogP contribution in [-0.4, -0.2) is 57.0 Å². The van der Waals surface area contributed by atoms with Crippen molar-refractivity contribution in [2.45, 2.75) is 26.5 Å². The molecule has 0 amide bonds. The normalized spacial score (nSPS) is 13.0. The third-order valence-corrected chi connectivity index (χ3v) is 11.6. The molecule has 0 heterocycles. The number of rotatable bonds is 10. The van der Waals surface area contributed by atoms with E-state index >= 15 is 0 Å². The zero-order valence-corrected chi connectivity index (χ0v) is 30.9. The lowest BCUT2D eigenvalue weighted by Crippen LogP contribution is -2.05. The summed E-state index contributed by atoms with van der Waals surface area (Å²) in [6, 6.07) is 21.5. The molecule has 18 nitrogen and oxygen atoms in total. The van der Waals surface area contributed by atoms with E-state index in [0.29, 0.717) is 17.4 Å². The lowest BCUT2D eigenvalue weighted by molar-refractivity contribution is 0.472. The molecule has 284 valence electrons. The summed E-state index contributed by atoms with van der Waals surface area (Å²) in [5, 5.41) is 30.2.